The highest BCUT2D eigenvalue weighted by atomic mass is 16.8. The highest BCUT2D eigenvalue weighted by molar-refractivity contribution is 5.68. The van der Waals surface area contributed by atoms with Gasteiger partial charge in [0, 0.05) is 44.0 Å². The molecular weight excluding hydrogens is 310 g/mol. The van der Waals surface area contributed by atoms with Gasteiger partial charge in [0.15, 0.2) is 11.5 Å². The molecule has 6 N–H and O–H groups in total. The van der Waals surface area contributed by atoms with Gasteiger partial charge in [0.2, 0.25) is 5.95 Å². The maximum Gasteiger partial charge on any atom is 0.222 e. The lowest BCUT2D eigenvalue weighted by Crippen LogP contribution is -2.99. The number of rotatable bonds is 3. The van der Waals surface area contributed by atoms with Gasteiger partial charge in [0.05, 0.1) is 5.69 Å². The molecule has 1 unspecified atom stereocenters. The third-order valence-electron chi connectivity index (χ3n) is 4.18. The monoisotopic (exact) mass is 331 g/mol. The van der Waals surface area contributed by atoms with Gasteiger partial charge in [-0.15, -0.1) is 0 Å². The van der Waals surface area contributed by atoms with E-state index in [1.165, 1.54) is 0 Å². The molecule has 0 aliphatic carbocycles. The highest BCUT2D eigenvalue weighted by Crippen LogP contribution is 2.27. The van der Waals surface area contributed by atoms with Crippen LogP contribution in [0.3, 0.4) is 0 Å². The quantitative estimate of drug-likeness (QED) is 0.563. The molecule has 24 heavy (non-hydrogen) atoms. The maximum atomic E-state index is 10.9. The summed E-state index contributed by atoms with van der Waals surface area (Å²) in [5.74, 6) is 0.588. The first-order chi connectivity index (χ1) is 11.5. The zero-order chi connectivity index (χ0) is 17.3. The number of nitrogen functional groups attached to an aromatic ring is 2. The standard InChI is InChI=1S/C15H21N7O2/c1-10-13(14(16)19-15(17)18-10)21-8-6-20(7-9-21)11-2-4-12(5-3-11)22(23)24/h2-5,22-23H,6-9H2,1H3,(H4,16,17,18,19). The van der Waals surface area contributed by atoms with E-state index in [1.807, 2.05) is 19.1 Å². The summed E-state index contributed by atoms with van der Waals surface area (Å²) >= 11 is 0. The van der Waals surface area contributed by atoms with Crippen molar-refractivity contribution in [1.29, 1.82) is 0 Å². The molecule has 1 atom stereocenters. The number of nitrogens with zero attached hydrogens (tertiary/aromatic N) is 4. The Morgan fingerprint density at radius 2 is 1.62 bits per heavy atom. The molecule has 3 rings (SSSR count). The Bertz CT molecular complexity index is 689. The summed E-state index contributed by atoms with van der Waals surface area (Å²) in [6.07, 6.45) is 0. The summed E-state index contributed by atoms with van der Waals surface area (Å²) in [6.45, 7) is 5.03. The molecule has 2 heterocycles. The SMILES string of the molecule is Cc1nc(N)nc(N)c1N1CCN(c2ccc([NH+]([O-])O)cc2)CC1. The summed E-state index contributed by atoms with van der Waals surface area (Å²) in [5.41, 5.74) is 14.5. The molecule has 1 fully saturated rings. The van der Waals surface area contributed by atoms with Crippen molar-refractivity contribution < 1.29 is 10.4 Å². The molecular formula is C15H21N7O2. The second-order valence-corrected chi connectivity index (χ2v) is 5.73. The van der Waals surface area contributed by atoms with E-state index in [9.17, 15) is 5.21 Å². The van der Waals surface area contributed by atoms with Gasteiger partial charge < -0.3 is 26.5 Å². The third kappa shape index (κ3) is 3.18. The van der Waals surface area contributed by atoms with Gasteiger partial charge in [-0.05, 0) is 19.1 Å². The summed E-state index contributed by atoms with van der Waals surface area (Å²) in [7, 11) is 0. The molecule has 1 aromatic heterocycles. The molecule has 1 saturated heterocycles. The fourth-order valence-corrected chi connectivity index (χ4v) is 3.01. The molecule has 0 saturated carbocycles. The summed E-state index contributed by atoms with van der Waals surface area (Å²) in [5, 5.41) is 19.0. The van der Waals surface area contributed by atoms with Gasteiger partial charge in [0.1, 0.15) is 5.69 Å². The Balaban J connectivity index is 1.70. The zero-order valence-corrected chi connectivity index (χ0v) is 13.4. The van der Waals surface area contributed by atoms with Gasteiger partial charge in [-0.3, -0.25) is 0 Å². The van der Waals surface area contributed by atoms with Crippen molar-refractivity contribution in [2.24, 2.45) is 0 Å². The number of aryl methyl sites for hydroxylation is 1. The van der Waals surface area contributed by atoms with E-state index in [-0.39, 0.29) is 5.95 Å². The molecule has 1 aromatic carbocycles. The van der Waals surface area contributed by atoms with Crippen molar-refractivity contribution in [3.05, 3.63) is 35.2 Å². The van der Waals surface area contributed by atoms with Crippen LogP contribution in [0, 0.1) is 12.1 Å². The molecule has 0 amide bonds. The number of nitrogens with one attached hydrogen (secondary N) is 1. The fraction of sp³-hybridized carbons (Fsp3) is 0.333. The van der Waals surface area contributed by atoms with Crippen LogP contribution < -0.4 is 26.5 Å². The van der Waals surface area contributed by atoms with E-state index in [2.05, 4.69) is 19.8 Å². The Hall–Kier alpha value is -2.62. The topological polar surface area (TPSA) is 132 Å². The molecule has 0 spiro atoms. The molecule has 1 aliphatic rings. The minimum absolute atomic E-state index is 0.186. The number of hydrogen-bond donors (Lipinski definition) is 4. The molecule has 1 aliphatic heterocycles. The maximum absolute atomic E-state index is 10.9. The largest absolute Gasteiger partial charge is 0.595 e. The van der Waals surface area contributed by atoms with Crippen molar-refractivity contribution in [2.75, 3.05) is 47.4 Å². The highest BCUT2D eigenvalue weighted by Gasteiger charge is 2.22. The summed E-state index contributed by atoms with van der Waals surface area (Å²) < 4.78 is 0. The van der Waals surface area contributed by atoms with Crippen molar-refractivity contribution in [3.63, 3.8) is 0 Å². The van der Waals surface area contributed by atoms with Gasteiger partial charge >= 0.3 is 0 Å². The van der Waals surface area contributed by atoms with E-state index in [0.717, 1.165) is 43.2 Å². The smallest absolute Gasteiger partial charge is 0.222 e. The Morgan fingerprint density at radius 3 is 2.17 bits per heavy atom. The minimum Gasteiger partial charge on any atom is -0.595 e. The number of benzene rings is 1. The summed E-state index contributed by atoms with van der Waals surface area (Å²) in [6, 6.07) is 6.93. The van der Waals surface area contributed by atoms with Crippen LogP contribution in [0.4, 0.5) is 28.8 Å². The van der Waals surface area contributed by atoms with Crippen molar-refractivity contribution in [1.82, 2.24) is 9.97 Å². The van der Waals surface area contributed by atoms with Crippen LogP contribution in [0.5, 0.6) is 0 Å². The van der Waals surface area contributed by atoms with Gasteiger partial charge in [-0.1, -0.05) is 0 Å². The fourth-order valence-electron chi connectivity index (χ4n) is 3.01. The van der Waals surface area contributed by atoms with Crippen LogP contribution >= 0.6 is 0 Å². The number of nitrogens with two attached hydrogens (primary N) is 2. The predicted molar refractivity (Wildman–Crippen MR) is 92.2 cm³/mol. The van der Waals surface area contributed by atoms with E-state index in [4.69, 9.17) is 16.7 Å². The molecule has 0 radical (unpaired) electrons. The third-order valence-corrected chi connectivity index (χ3v) is 4.18. The van der Waals surface area contributed by atoms with Crippen LogP contribution in [0.1, 0.15) is 5.69 Å². The average molecular weight is 331 g/mol. The number of quaternary nitrogens is 1. The second-order valence-electron chi connectivity index (χ2n) is 5.73. The Labute approximate surface area is 139 Å². The molecule has 9 nitrogen and oxygen atoms in total. The normalized spacial score (nSPS) is 16.3. The van der Waals surface area contributed by atoms with Gasteiger partial charge in [-0.25, -0.2) is 10.2 Å². The van der Waals surface area contributed by atoms with E-state index in [0.29, 0.717) is 11.5 Å². The van der Waals surface area contributed by atoms with Gasteiger partial charge in [0.25, 0.3) is 0 Å². The Morgan fingerprint density at radius 1 is 1.04 bits per heavy atom. The molecule has 128 valence electrons. The van der Waals surface area contributed by atoms with Crippen LogP contribution in [-0.2, 0) is 0 Å². The molecule has 9 heteroatoms. The van der Waals surface area contributed by atoms with Crippen LogP contribution in [0.25, 0.3) is 0 Å². The van der Waals surface area contributed by atoms with Crippen molar-refractivity contribution >= 4 is 28.8 Å². The molecule has 2 aromatic rings. The van der Waals surface area contributed by atoms with Crippen LogP contribution in [-0.4, -0.2) is 41.4 Å². The second kappa shape index (κ2) is 6.48. The van der Waals surface area contributed by atoms with Crippen molar-refractivity contribution in [2.45, 2.75) is 6.92 Å². The first kappa shape index (κ1) is 16.2. The van der Waals surface area contributed by atoms with Crippen molar-refractivity contribution in [3.8, 4) is 0 Å². The Kier molecular flexibility index (Phi) is 4.38. The minimum atomic E-state index is -0.916. The van der Waals surface area contributed by atoms with Crippen LogP contribution in [0.2, 0.25) is 0 Å². The number of hydrogen-bond acceptors (Lipinski definition) is 8. The number of anilines is 4. The molecule has 0 bridgehead atoms. The van der Waals surface area contributed by atoms with E-state index < -0.39 is 5.23 Å². The number of aromatic nitrogens is 2. The lowest BCUT2D eigenvalue weighted by molar-refractivity contribution is -0.991. The van der Waals surface area contributed by atoms with E-state index >= 15 is 0 Å². The first-order valence-corrected chi connectivity index (χ1v) is 7.68. The lowest BCUT2D eigenvalue weighted by Gasteiger charge is -2.38. The summed E-state index contributed by atoms with van der Waals surface area (Å²) in [4.78, 5) is 12.6. The van der Waals surface area contributed by atoms with Gasteiger partial charge in [-0.2, -0.15) is 10.2 Å². The van der Waals surface area contributed by atoms with Crippen LogP contribution in [0.15, 0.2) is 24.3 Å². The zero-order valence-electron chi connectivity index (χ0n) is 13.4. The average Bonchev–Trinajstić information content (AvgIpc) is 2.54. The lowest BCUT2D eigenvalue weighted by atomic mass is 10.2. The number of piperazine rings is 1. The van der Waals surface area contributed by atoms with E-state index in [1.54, 1.807) is 12.1 Å². The predicted octanol–water partition coefficient (Wildman–Crippen LogP) is -0.321. The first-order valence-electron chi connectivity index (χ1n) is 7.68.